The predicted molar refractivity (Wildman–Crippen MR) is 124 cm³/mol. The van der Waals surface area contributed by atoms with E-state index in [1.807, 2.05) is 56.3 Å². The minimum absolute atomic E-state index is 0.0741. The fraction of sp³-hybridized carbons (Fsp3) is 0.174. The van der Waals surface area contributed by atoms with Crippen LogP contribution in [0.1, 0.15) is 17.5 Å². The number of fused-ring (bicyclic) bond motifs is 2. The summed E-state index contributed by atoms with van der Waals surface area (Å²) in [4.78, 5) is 34.0. The van der Waals surface area contributed by atoms with E-state index < -0.39 is 0 Å². The van der Waals surface area contributed by atoms with Crippen LogP contribution in [0.5, 0.6) is 0 Å². The van der Waals surface area contributed by atoms with E-state index in [4.69, 9.17) is 4.52 Å². The number of anilines is 1. The van der Waals surface area contributed by atoms with E-state index in [9.17, 15) is 9.59 Å². The monoisotopic (exact) mass is 445 g/mol. The van der Waals surface area contributed by atoms with Gasteiger partial charge in [-0.05, 0) is 31.5 Å². The van der Waals surface area contributed by atoms with Gasteiger partial charge in [-0.1, -0.05) is 52.4 Å². The topological polar surface area (TPSA) is 103 Å². The molecular weight excluding hydrogens is 426 g/mol. The van der Waals surface area contributed by atoms with Gasteiger partial charge in [0.15, 0.2) is 5.13 Å². The number of rotatable bonds is 5. The Kier molecular flexibility index (Phi) is 5.02. The van der Waals surface area contributed by atoms with Gasteiger partial charge in [-0.15, -0.1) is 0 Å². The van der Waals surface area contributed by atoms with Crippen molar-refractivity contribution in [2.75, 3.05) is 5.32 Å². The molecule has 3 heterocycles. The molecule has 0 aliphatic rings. The number of aromatic nitrogens is 4. The zero-order valence-corrected chi connectivity index (χ0v) is 18.3. The molecule has 1 N–H and O–H groups in total. The Morgan fingerprint density at radius 2 is 1.91 bits per heavy atom. The first-order chi connectivity index (χ1) is 15.5. The van der Waals surface area contributed by atoms with Crippen LogP contribution in [0.25, 0.3) is 32.6 Å². The molecule has 0 fully saturated rings. The molecule has 5 aromatic rings. The van der Waals surface area contributed by atoms with Crippen LogP contribution in [0.3, 0.4) is 0 Å². The molecule has 5 rings (SSSR count). The van der Waals surface area contributed by atoms with Crippen LogP contribution in [-0.4, -0.2) is 25.6 Å². The van der Waals surface area contributed by atoms with Crippen LogP contribution in [0.15, 0.2) is 58.1 Å². The van der Waals surface area contributed by atoms with Crippen LogP contribution in [0, 0.1) is 13.8 Å². The van der Waals surface area contributed by atoms with Crippen molar-refractivity contribution in [3.8, 4) is 11.3 Å². The van der Waals surface area contributed by atoms with Gasteiger partial charge in [-0.2, -0.15) is 0 Å². The summed E-state index contributed by atoms with van der Waals surface area (Å²) < 4.78 is 7.67. The number of nitrogens with zero attached hydrogens (tertiary/aromatic N) is 4. The lowest BCUT2D eigenvalue weighted by atomic mass is 10.1. The second kappa shape index (κ2) is 8.01. The molecule has 0 aliphatic heterocycles. The largest absolute Gasteiger partial charge is 0.348 e. The minimum atomic E-state index is -0.371. The summed E-state index contributed by atoms with van der Waals surface area (Å²) in [5, 5.41) is 7.38. The highest BCUT2D eigenvalue weighted by Gasteiger charge is 2.17. The number of carbonyl (C=O) groups is 1. The quantitative estimate of drug-likeness (QED) is 0.432. The lowest BCUT2D eigenvalue weighted by Crippen LogP contribution is -2.23. The van der Waals surface area contributed by atoms with Gasteiger partial charge in [-0.25, -0.2) is 9.97 Å². The number of hydrogen-bond acceptors (Lipinski definition) is 7. The van der Waals surface area contributed by atoms with Crippen LogP contribution in [0.4, 0.5) is 5.13 Å². The van der Waals surface area contributed by atoms with Crippen LogP contribution >= 0.6 is 11.3 Å². The average Bonchev–Trinajstić information content (AvgIpc) is 3.37. The number of benzene rings is 2. The summed E-state index contributed by atoms with van der Waals surface area (Å²) in [6.45, 7) is 4.17. The Morgan fingerprint density at radius 3 is 2.72 bits per heavy atom. The van der Waals surface area contributed by atoms with Crippen molar-refractivity contribution in [3.05, 3.63) is 70.3 Å². The summed E-state index contributed by atoms with van der Waals surface area (Å²) >= 11 is 1.42. The average molecular weight is 446 g/mol. The Morgan fingerprint density at radius 1 is 1.12 bits per heavy atom. The van der Waals surface area contributed by atoms with Gasteiger partial charge in [0, 0.05) is 18.5 Å². The van der Waals surface area contributed by atoms with E-state index in [1.165, 1.54) is 22.2 Å². The molecule has 0 saturated heterocycles. The standard InChI is InChI=1S/C23H19N5O3S/c1-13-3-6-15(7-4-13)19-20-21(31-27-19)22(30)28(12-24-20)10-9-18(29)26-23-25-16-8-5-14(2)11-17(16)32-23/h3-8,11-12H,9-10H2,1-2H3,(H,25,26,29). The van der Waals surface area contributed by atoms with E-state index in [-0.39, 0.29) is 30.0 Å². The third-order valence-corrected chi connectivity index (χ3v) is 6.08. The number of amides is 1. The van der Waals surface area contributed by atoms with Crippen molar-refractivity contribution in [3.63, 3.8) is 0 Å². The fourth-order valence-corrected chi connectivity index (χ4v) is 4.39. The van der Waals surface area contributed by atoms with Crippen molar-refractivity contribution in [2.24, 2.45) is 0 Å². The molecule has 0 bridgehead atoms. The third-order valence-electron chi connectivity index (χ3n) is 5.14. The summed E-state index contributed by atoms with van der Waals surface area (Å²) in [5.74, 6) is -0.231. The van der Waals surface area contributed by atoms with E-state index in [0.29, 0.717) is 16.3 Å². The molecule has 0 saturated carbocycles. The predicted octanol–water partition coefficient (Wildman–Crippen LogP) is 4.31. The van der Waals surface area contributed by atoms with Crippen LogP contribution < -0.4 is 10.9 Å². The van der Waals surface area contributed by atoms with Gasteiger partial charge in [-0.3, -0.25) is 14.2 Å². The first-order valence-corrected chi connectivity index (χ1v) is 10.9. The lowest BCUT2D eigenvalue weighted by Gasteiger charge is -2.04. The van der Waals surface area contributed by atoms with Gasteiger partial charge in [0.2, 0.25) is 5.91 Å². The number of hydrogen-bond donors (Lipinski definition) is 1. The number of aryl methyl sites for hydroxylation is 3. The Balaban J connectivity index is 1.31. The van der Waals surface area contributed by atoms with Gasteiger partial charge in [0.05, 0.1) is 16.5 Å². The highest BCUT2D eigenvalue weighted by Crippen LogP contribution is 2.27. The van der Waals surface area contributed by atoms with E-state index >= 15 is 0 Å². The number of carbonyl (C=O) groups excluding carboxylic acids is 1. The molecule has 9 heteroatoms. The highest BCUT2D eigenvalue weighted by atomic mass is 32.1. The smallest absolute Gasteiger partial charge is 0.299 e. The van der Waals surface area contributed by atoms with Crippen LogP contribution in [0.2, 0.25) is 0 Å². The molecule has 160 valence electrons. The van der Waals surface area contributed by atoms with E-state index in [1.54, 1.807) is 0 Å². The normalized spacial score (nSPS) is 11.3. The summed E-state index contributed by atoms with van der Waals surface area (Å²) in [6.07, 6.45) is 1.52. The molecule has 0 unspecified atom stereocenters. The van der Waals surface area contributed by atoms with Crippen molar-refractivity contribution in [1.82, 2.24) is 19.7 Å². The summed E-state index contributed by atoms with van der Waals surface area (Å²) in [6, 6.07) is 13.7. The molecule has 0 aliphatic carbocycles. The highest BCUT2D eigenvalue weighted by molar-refractivity contribution is 7.22. The Bertz CT molecular complexity index is 1510. The Labute approximate surface area is 186 Å². The summed E-state index contributed by atoms with van der Waals surface area (Å²) in [5.41, 5.74) is 4.56. The maximum Gasteiger partial charge on any atom is 0.299 e. The first kappa shape index (κ1) is 20.1. The first-order valence-electron chi connectivity index (χ1n) is 10.1. The van der Waals surface area contributed by atoms with Gasteiger partial charge in [0.1, 0.15) is 11.2 Å². The van der Waals surface area contributed by atoms with Crippen molar-refractivity contribution < 1.29 is 9.32 Å². The lowest BCUT2D eigenvalue weighted by molar-refractivity contribution is -0.116. The Hall–Kier alpha value is -3.85. The number of thiazole rings is 1. The van der Waals surface area contributed by atoms with Crippen molar-refractivity contribution in [1.29, 1.82) is 0 Å². The van der Waals surface area contributed by atoms with Crippen molar-refractivity contribution >= 4 is 43.7 Å². The molecule has 2 aromatic carbocycles. The molecular formula is C23H19N5O3S. The zero-order valence-electron chi connectivity index (χ0n) is 17.5. The molecule has 0 radical (unpaired) electrons. The zero-order chi connectivity index (χ0) is 22.2. The molecule has 0 spiro atoms. The maximum atomic E-state index is 12.8. The van der Waals surface area contributed by atoms with E-state index in [2.05, 4.69) is 20.4 Å². The van der Waals surface area contributed by atoms with Gasteiger partial charge < -0.3 is 9.84 Å². The third kappa shape index (κ3) is 3.78. The van der Waals surface area contributed by atoms with E-state index in [0.717, 1.165) is 26.9 Å². The fourth-order valence-electron chi connectivity index (χ4n) is 3.40. The van der Waals surface area contributed by atoms with Crippen molar-refractivity contribution in [2.45, 2.75) is 26.8 Å². The molecule has 8 nitrogen and oxygen atoms in total. The molecule has 0 atom stereocenters. The van der Waals surface area contributed by atoms with Gasteiger partial charge >= 0.3 is 0 Å². The number of nitrogens with one attached hydrogen (secondary N) is 1. The molecule has 32 heavy (non-hydrogen) atoms. The second-order valence-electron chi connectivity index (χ2n) is 7.61. The second-order valence-corrected chi connectivity index (χ2v) is 8.64. The molecule has 3 aromatic heterocycles. The molecule has 1 amide bonds. The van der Waals surface area contributed by atoms with Crippen LogP contribution in [-0.2, 0) is 11.3 Å². The maximum absolute atomic E-state index is 12.8. The minimum Gasteiger partial charge on any atom is -0.348 e. The summed E-state index contributed by atoms with van der Waals surface area (Å²) in [7, 11) is 0. The van der Waals surface area contributed by atoms with Gasteiger partial charge in [0.25, 0.3) is 11.1 Å². The SMILES string of the molecule is Cc1ccc(-c2noc3c(=O)n(CCC(=O)Nc4nc5ccc(C)cc5s4)cnc23)cc1.